The molecule has 0 amide bonds. The third-order valence-corrected chi connectivity index (χ3v) is 2.79. The molecule has 0 aliphatic heterocycles. The van der Waals surface area contributed by atoms with Crippen molar-refractivity contribution in [3.8, 4) is 6.07 Å². The first-order valence-corrected chi connectivity index (χ1v) is 5.19. The molecule has 1 aromatic carbocycles. The van der Waals surface area contributed by atoms with Gasteiger partial charge in [-0.15, -0.1) is 0 Å². The Hall–Kier alpha value is -1.23. The minimum atomic E-state index is -2.78. The van der Waals surface area contributed by atoms with E-state index < -0.39 is 18.0 Å². The van der Waals surface area contributed by atoms with E-state index in [0.717, 1.165) is 19.2 Å². The van der Waals surface area contributed by atoms with E-state index in [0.29, 0.717) is 3.57 Å². The first-order valence-electron chi connectivity index (χ1n) is 4.11. The molecule has 0 spiro atoms. The van der Waals surface area contributed by atoms with E-state index in [1.165, 1.54) is 0 Å². The predicted molar refractivity (Wildman–Crippen MR) is 60.2 cm³/mol. The Balaban J connectivity index is 3.44. The van der Waals surface area contributed by atoms with Gasteiger partial charge in [-0.1, -0.05) is 0 Å². The molecule has 0 fully saturated rings. The van der Waals surface area contributed by atoms with Gasteiger partial charge in [0.25, 0.3) is 6.43 Å². The monoisotopic (exact) mass is 337 g/mol. The van der Waals surface area contributed by atoms with Crippen molar-refractivity contribution in [2.24, 2.45) is 0 Å². The number of rotatable bonds is 2. The van der Waals surface area contributed by atoms with Crippen LogP contribution in [-0.2, 0) is 4.74 Å². The second-order valence-corrected chi connectivity index (χ2v) is 3.99. The van der Waals surface area contributed by atoms with Gasteiger partial charge in [0.1, 0.15) is 6.07 Å². The molecular formula is C10H6F2INO2. The minimum absolute atomic E-state index is 0.172. The topological polar surface area (TPSA) is 50.1 Å². The van der Waals surface area contributed by atoms with Crippen LogP contribution in [0.3, 0.4) is 0 Å². The zero-order valence-corrected chi connectivity index (χ0v) is 10.3. The maximum atomic E-state index is 12.6. The summed E-state index contributed by atoms with van der Waals surface area (Å²) in [5.41, 5.74) is -0.518. The molecular weight excluding hydrogens is 331 g/mol. The van der Waals surface area contributed by atoms with Gasteiger partial charge in [-0.05, 0) is 34.7 Å². The maximum absolute atomic E-state index is 12.6. The third kappa shape index (κ3) is 2.47. The van der Waals surface area contributed by atoms with Crippen LogP contribution in [0, 0.1) is 14.9 Å². The van der Waals surface area contributed by atoms with Crippen molar-refractivity contribution in [1.29, 1.82) is 5.26 Å². The van der Waals surface area contributed by atoms with Crippen molar-refractivity contribution >= 4 is 28.6 Å². The molecule has 0 radical (unpaired) electrons. The van der Waals surface area contributed by atoms with Gasteiger partial charge in [0.15, 0.2) is 0 Å². The molecule has 3 nitrogen and oxygen atoms in total. The van der Waals surface area contributed by atoms with Crippen LogP contribution < -0.4 is 0 Å². The average Bonchev–Trinajstić information content (AvgIpc) is 2.27. The molecule has 0 aromatic heterocycles. The highest BCUT2D eigenvalue weighted by Crippen LogP contribution is 2.27. The highest BCUT2D eigenvalue weighted by atomic mass is 127. The summed E-state index contributed by atoms with van der Waals surface area (Å²) in [6.07, 6.45) is -2.78. The number of esters is 1. The first kappa shape index (κ1) is 12.8. The van der Waals surface area contributed by atoms with Crippen molar-refractivity contribution in [2.45, 2.75) is 6.43 Å². The quantitative estimate of drug-likeness (QED) is 0.616. The van der Waals surface area contributed by atoms with Gasteiger partial charge in [0, 0.05) is 9.13 Å². The number of benzene rings is 1. The molecule has 0 saturated heterocycles. The van der Waals surface area contributed by atoms with E-state index >= 15 is 0 Å². The number of carbonyl (C=O) groups is 1. The molecule has 0 heterocycles. The summed E-state index contributed by atoms with van der Waals surface area (Å²) in [6, 6.07) is 4.06. The third-order valence-electron chi connectivity index (χ3n) is 1.90. The van der Waals surface area contributed by atoms with Crippen LogP contribution >= 0.6 is 22.6 Å². The Bertz CT molecular complexity index is 469. The number of halogens is 3. The molecule has 16 heavy (non-hydrogen) atoms. The normalized spacial score (nSPS) is 10.0. The van der Waals surface area contributed by atoms with Gasteiger partial charge in [-0.3, -0.25) is 0 Å². The van der Waals surface area contributed by atoms with E-state index in [2.05, 4.69) is 4.74 Å². The molecule has 0 saturated carbocycles. The van der Waals surface area contributed by atoms with E-state index in [1.54, 1.807) is 22.6 Å². The fourth-order valence-corrected chi connectivity index (χ4v) is 1.75. The second-order valence-electron chi connectivity index (χ2n) is 2.82. The zero-order valence-electron chi connectivity index (χ0n) is 8.13. The molecule has 0 bridgehead atoms. The summed E-state index contributed by atoms with van der Waals surface area (Å²) < 4.78 is 30.1. The lowest BCUT2D eigenvalue weighted by Crippen LogP contribution is -2.07. The molecule has 84 valence electrons. The summed E-state index contributed by atoms with van der Waals surface area (Å²) in [5.74, 6) is -0.872. The largest absolute Gasteiger partial charge is 0.465 e. The van der Waals surface area contributed by atoms with Crippen LogP contribution in [0.15, 0.2) is 12.1 Å². The van der Waals surface area contributed by atoms with Crippen LogP contribution in [0.1, 0.15) is 27.9 Å². The molecule has 1 rings (SSSR count). The van der Waals surface area contributed by atoms with Crippen LogP contribution in [-0.4, -0.2) is 13.1 Å². The number of nitriles is 1. The maximum Gasteiger partial charge on any atom is 0.338 e. The lowest BCUT2D eigenvalue weighted by atomic mass is 10.0. The standard InChI is InChI=1S/C10H6F2INO2/c1-16-10(15)7-2-5(4-14)8(13)3-6(7)9(11)12/h2-3,9H,1H3. The lowest BCUT2D eigenvalue weighted by molar-refractivity contribution is 0.0589. The number of hydrogen-bond donors (Lipinski definition) is 0. The number of methoxy groups -OCH3 is 1. The first-order chi connectivity index (χ1) is 7.51. The summed E-state index contributed by atoms with van der Waals surface area (Å²) in [5, 5.41) is 8.73. The number of ether oxygens (including phenoxy) is 1. The Morgan fingerprint density at radius 1 is 1.56 bits per heavy atom. The summed E-state index contributed by atoms with van der Waals surface area (Å²) in [7, 11) is 1.10. The van der Waals surface area contributed by atoms with Crippen molar-refractivity contribution in [3.05, 3.63) is 32.4 Å². The molecule has 0 atom stereocenters. The van der Waals surface area contributed by atoms with Crippen molar-refractivity contribution in [1.82, 2.24) is 0 Å². The SMILES string of the molecule is COC(=O)c1cc(C#N)c(I)cc1C(F)F. The second kappa shape index (κ2) is 5.21. The Morgan fingerprint density at radius 3 is 2.62 bits per heavy atom. The highest BCUT2D eigenvalue weighted by molar-refractivity contribution is 14.1. The van der Waals surface area contributed by atoms with E-state index in [-0.39, 0.29) is 11.1 Å². The Morgan fingerprint density at radius 2 is 2.19 bits per heavy atom. The average molecular weight is 337 g/mol. The Labute approximate surface area is 104 Å². The summed E-state index contributed by atoms with van der Waals surface area (Å²) in [4.78, 5) is 11.3. The van der Waals surface area contributed by atoms with Crippen LogP contribution in [0.4, 0.5) is 8.78 Å². The van der Waals surface area contributed by atoms with E-state index in [4.69, 9.17) is 5.26 Å². The fourth-order valence-electron chi connectivity index (χ4n) is 1.14. The van der Waals surface area contributed by atoms with Gasteiger partial charge in [-0.25, -0.2) is 13.6 Å². The van der Waals surface area contributed by atoms with Crippen molar-refractivity contribution < 1.29 is 18.3 Å². The Kier molecular flexibility index (Phi) is 4.18. The molecule has 1 aromatic rings. The molecule has 0 aliphatic carbocycles. The van der Waals surface area contributed by atoms with Gasteiger partial charge in [0.2, 0.25) is 0 Å². The zero-order chi connectivity index (χ0) is 12.3. The molecule has 6 heteroatoms. The lowest BCUT2D eigenvalue weighted by Gasteiger charge is -2.08. The molecule has 0 N–H and O–H groups in total. The number of alkyl halides is 2. The van der Waals surface area contributed by atoms with Gasteiger partial charge in [-0.2, -0.15) is 5.26 Å². The fraction of sp³-hybridized carbons (Fsp3) is 0.200. The molecule has 0 unspecified atom stereocenters. The van der Waals surface area contributed by atoms with Crippen LogP contribution in [0.5, 0.6) is 0 Å². The predicted octanol–water partition coefficient (Wildman–Crippen LogP) is 2.89. The van der Waals surface area contributed by atoms with E-state index in [1.807, 2.05) is 6.07 Å². The van der Waals surface area contributed by atoms with Crippen LogP contribution in [0.2, 0.25) is 0 Å². The van der Waals surface area contributed by atoms with Gasteiger partial charge in [0.05, 0.1) is 18.2 Å². The number of nitrogens with zero attached hydrogens (tertiary/aromatic N) is 1. The molecule has 0 aliphatic rings. The highest BCUT2D eigenvalue weighted by Gasteiger charge is 2.21. The van der Waals surface area contributed by atoms with E-state index in [9.17, 15) is 13.6 Å². The van der Waals surface area contributed by atoms with Gasteiger partial charge < -0.3 is 4.74 Å². The summed E-state index contributed by atoms with van der Waals surface area (Å²) in [6.45, 7) is 0. The number of hydrogen-bond acceptors (Lipinski definition) is 3. The number of carbonyl (C=O) groups excluding carboxylic acids is 1. The van der Waals surface area contributed by atoms with Gasteiger partial charge >= 0.3 is 5.97 Å². The summed E-state index contributed by atoms with van der Waals surface area (Å²) >= 11 is 1.76. The van der Waals surface area contributed by atoms with Crippen molar-refractivity contribution in [3.63, 3.8) is 0 Å². The van der Waals surface area contributed by atoms with Crippen molar-refractivity contribution in [2.75, 3.05) is 7.11 Å². The smallest absolute Gasteiger partial charge is 0.338 e. The minimum Gasteiger partial charge on any atom is -0.465 e. The van der Waals surface area contributed by atoms with Crippen LogP contribution in [0.25, 0.3) is 0 Å².